The Bertz CT molecular complexity index is 926. The number of carbonyl (C=O) groups is 2. The molecule has 6 fully saturated rings. The largest absolute Gasteiger partial charge is 0.493 e. The van der Waals surface area contributed by atoms with Crippen molar-refractivity contribution >= 4 is 23.6 Å². The average molecular weight is 460 g/mol. The summed E-state index contributed by atoms with van der Waals surface area (Å²) < 4.78 is 21.5. The highest BCUT2D eigenvalue weighted by molar-refractivity contribution is 8.00. The Balaban J connectivity index is 1.24. The van der Waals surface area contributed by atoms with Gasteiger partial charge in [0.1, 0.15) is 11.6 Å². The minimum Gasteiger partial charge on any atom is -0.493 e. The molecule has 1 unspecified atom stereocenters. The fourth-order valence-electron chi connectivity index (χ4n) is 7.31. The van der Waals surface area contributed by atoms with Crippen molar-refractivity contribution in [1.82, 2.24) is 4.90 Å². The molecule has 1 atom stereocenters. The number of rotatable bonds is 6. The van der Waals surface area contributed by atoms with Crippen LogP contribution in [0.3, 0.4) is 0 Å². The standard InChI is InChI=1S/C25H30FNO4S/c26-20-9-21(31-13-25-10-14-5-15(11-25)7-16(6-14)12-25)18(17-1-2-17)8-19(20)22(28)27-3-4-32-23(27)24(29)30/h8-9,14-17,23H,1-7,10-13H2,(H,29,30). The predicted molar refractivity (Wildman–Crippen MR) is 119 cm³/mol. The summed E-state index contributed by atoms with van der Waals surface area (Å²) in [6, 6.07) is 3.03. The molecule has 5 nitrogen and oxygen atoms in total. The van der Waals surface area contributed by atoms with Crippen LogP contribution in [0.15, 0.2) is 12.1 Å². The van der Waals surface area contributed by atoms with E-state index in [-0.39, 0.29) is 11.0 Å². The van der Waals surface area contributed by atoms with Gasteiger partial charge in [-0.3, -0.25) is 4.79 Å². The fraction of sp³-hybridized carbons (Fsp3) is 0.680. The summed E-state index contributed by atoms with van der Waals surface area (Å²) in [5.74, 6) is 1.75. The number of carboxylic acids is 1. The van der Waals surface area contributed by atoms with Crippen molar-refractivity contribution in [2.24, 2.45) is 23.2 Å². The minimum absolute atomic E-state index is 0.0252. The van der Waals surface area contributed by atoms with E-state index in [0.29, 0.717) is 30.6 Å². The van der Waals surface area contributed by atoms with Crippen molar-refractivity contribution in [2.45, 2.75) is 62.7 Å². The second kappa shape index (κ2) is 7.64. The highest BCUT2D eigenvalue weighted by Crippen LogP contribution is 2.60. The van der Waals surface area contributed by atoms with E-state index in [2.05, 4.69) is 0 Å². The van der Waals surface area contributed by atoms with Gasteiger partial charge in [-0.15, -0.1) is 11.8 Å². The van der Waals surface area contributed by atoms with Gasteiger partial charge >= 0.3 is 5.97 Å². The van der Waals surface area contributed by atoms with Gasteiger partial charge in [-0.25, -0.2) is 9.18 Å². The van der Waals surface area contributed by atoms with Crippen molar-refractivity contribution in [3.8, 4) is 5.75 Å². The summed E-state index contributed by atoms with van der Waals surface area (Å²) in [6.45, 7) is 0.968. The second-order valence-electron chi connectivity index (χ2n) is 10.9. The molecule has 1 aromatic carbocycles. The molecule has 1 aliphatic heterocycles. The number of aliphatic carboxylic acids is 1. The van der Waals surface area contributed by atoms with Crippen molar-refractivity contribution in [3.63, 3.8) is 0 Å². The van der Waals surface area contributed by atoms with Crippen LogP contribution in [0, 0.1) is 29.0 Å². The Morgan fingerprint density at radius 3 is 2.38 bits per heavy atom. The number of hydrogen-bond donors (Lipinski definition) is 1. The molecule has 7 rings (SSSR count). The Hall–Kier alpha value is -1.76. The molecule has 0 radical (unpaired) electrons. The Labute approximate surface area is 192 Å². The molecular formula is C25H30FNO4S. The van der Waals surface area contributed by atoms with Crippen LogP contribution >= 0.6 is 11.8 Å². The first-order valence-corrected chi connectivity index (χ1v) is 13.1. The maximum Gasteiger partial charge on any atom is 0.337 e. The first-order chi connectivity index (χ1) is 15.4. The van der Waals surface area contributed by atoms with Gasteiger partial charge in [0, 0.05) is 23.8 Å². The number of benzene rings is 1. The number of carbonyl (C=O) groups excluding carboxylic acids is 1. The molecule has 0 aromatic heterocycles. The highest BCUT2D eigenvalue weighted by atomic mass is 32.2. The van der Waals surface area contributed by atoms with Crippen LogP contribution in [-0.4, -0.2) is 46.2 Å². The molecule has 5 aliphatic carbocycles. The van der Waals surface area contributed by atoms with E-state index >= 15 is 4.39 Å². The first kappa shape index (κ1) is 20.8. The molecule has 32 heavy (non-hydrogen) atoms. The molecule has 172 valence electrons. The number of amides is 1. The van der Waals surface area contributed by atoms with Gasteiger partial charge in [0.15, 0.2) is 5.37 Å². The average Bonchev–Trinajstić information content (AvgIpc) is 3.45. The van der Waals surface area contributed by atoms with Crippen molar-refractivity contribution in [2.75, 3.05) is 18.9 Å². The number of halogens is 1. The molecule has 6 aliphatic rings. The van der Waals surface area contributed by atoms with Crippen molar-refractivity contribution in [1.29, 1.82) is 0 Å². The topological polar surface area (TPSA) is 66.8 Å². The monoisotopic (exact) mass is 459 g/mol. The molecule has 1 amide bonds. The molecule has 5 saturated carbocycles. The number of carboxylic acid groups (broad SMARTS) is 1. The number of hydrogen-bond acceptors (Lipinski definition) is 4. The summed E-state index contributed by atoms with van der Waals surface area (Å²) >= 11 is 1.21. The lowest BCUT2D eigenvalue weighted by Crippen LogP contribution is -2.48. The Morgan fingerprint density at radius 2 is 1.78 bits per heavy atom. The molecule has 1 aromatic rings. The van der Waals surface area contributed by atoms with E-state index < -0.39 is 23.1 Å². The quantitative estimate of drug-likeness (QED) is 0.656. The zero-order chi connectivity index (χ0) is 22.0. The molecule has 0 spiro atoms. The van der Waals surface area contributed by atoms with Gasteiger partial charge in [-0.1, -0.05) is 0 Å². The highest BCUT2D eigenvalue weighted by Gasteiger charge is 2.51. The molecule has 7 heteroatoms. The van der Waals surface area contributed by atoms with Crippen LogP contribution < -0.4 is 4.74 Å². The van der Waals surface area contributed by atoms with E-state index in [1.807, 2.05) is 0 Å². The number of thioether (sulfide) groups is 1. The number of ether oxygens (including phenoxy) is 1. The SMILES string of the molecule is O=C(O)C1SCCN1C(=O)c1cc(C2CC2)c(OCC23CC4CC(CC(C4)C2)C3)cc1F. The third kappa shape index (κ3) is 3.61. The molecule has 1 saturated heterocycles. The Kier molecular flexibility index (Phi) is 4.97. The summed E-state index contributed by atoms with van der Waals surface area (Å²) in [6.07, 6.45) is 9.88. The smallest absolute Gasteiger partial charge is 0.337 e. The van der Waals surface area contributed by atoms with E-state index in [9.17, 15) is 14.7 Å². The van der Waals surface area contributed by atoms with E-state index in [4.69, 9.17) is 4.74 Å². The Morgan fingerprint density at radius 1 is 1.12 bits per heavy atom. The third-order valence-electron chi connectivity index (χ3n) is 8.41. The lowest BCUT2D eigenvalue weighted by Gasteiger charge is -2.56. The summed E-state index contributed by atoms with van der Waals surface area (Å²) in [4.78, 5) is 25.8. The van der Waals surface area contributed by atoms with Crippen LogP contribution in [0.5, 0.6) is 5.75 Å². The van der Waals surface area contributed by atoms with Crippen molar-refractivity contribution in [3.05, 3.63) is 29.1 Å². The molecular weight excluding hydrogens is 429 g/mol. The number of nitrogens with zero attached hydrogens (tertiary/aromatic N) is 1. The fourth-order valence-corrected chi connectivity index (χ4v) is 8.36. The van der Waals surface area contributed by atoms with Gasteiger partial charge in [-0.05, 0) is 86.7 Å². The van der Waals surface area contributed by atoms with Crippen LogP contribution in [0.4, 0.5) is 4.39 Å². The molecule has 1 N–H and O–H groups in total. The maximum atomic E-state index is 15.1. The van der Waals surface area contributed by atoms with Gasteiger partial charge in [-0.2, -0.15) is 0 Å². The van der Waals surface area contributed by atoms with Gasteiger partial charge in [0.05, 0.1) is 12.2 Å². The van der Waals surface area contributed by atoms with Gasteiger partial charge < -0.3 is 14.7 Å². The lowest BCUT2D eigenvalue weighted by molar-refractivity contribution is -0.138. The molecule has 1 heterocycles. The van der Waals surface area contributed by atoms with Crippen LogP contribution in [-0.2, 0) is 4.79 Å². The maximum absolute atomic E-state index is 15.1. The minimum atomic E-state index is -1.06. The van der Waals surface area contributed by atoms with Crippen molar-refractivity contribution < 1.29 is 23.8 Å². The van der Waals surface area contributed by atoms with E-state index in [1.54, 1.807) is 6.07 Å². The van der Waals surface area contributed by atoms with E-state index in [0.717, 1.165) is 36.2 Å². The normalized spacial score (nSPS) is 35.3. The zero-order valence-electron chi connectivity index (χ0n) is 18.2. The predicted octanol–water partition coefficient (Wildman–Crippen LogP) is 4.90. The second-order valence-corrected chi connectivity index (χ2v) is 12.1. The third-order valence-corrected chi connectivity index (χ3v) is 9.60. The van der Waals surface area contributed by atoms with Crippen LogP contribution in [0.1, 0.15) is 73.2 Å². The van der Waals surface area contributed by atoms with Crippen LogP contribution in [0.25, 0.3) is 0 Å². The zero-order valence-corrected chi connectivity index (χ0v) is 19.0. The van der Waals surface area contributed by atoms with Gasteiger partial charge in [0.25, 0.3) is 5.91 Å². The van der Waals surface area contributed by atoms with E-state index in [1.165, 1.54) is 61.3 Å². The molecule has 4 bridgehead atoms. The summed E-state index contributed by atoms with van der Waals surface area (Å²) in [7, 11) is 0. The lowest BCUT2D eigenvalue weighted by atomic mass is 9.50. The van der Waals surface area contributed by atoms with Gasteiger partial charge in [0.2, 0.25) is 0 Å². The summed E-state index contributed by atoms with van der Waals surface area (Å²) in [5, 5.41) is 8.46. The first-order valence-electron chi connectivity index (χ1n) is 12.0. The van der Waals surface area contributed by atoms with Crippen LogP contribution in [0.2, 0.25) is 0 Å². The summed E-state index contributed by atoms with van der Waals surface area (Å²) in [5.41, 5.74) is 1.13.